The molecule has 1 aromatic rings. The minimum atomic E-state index is -0.482. The average molecular weight is 456 g/mol. The summed E-state index contributed by atoms with van der Waals surface area (Å²) in [5.74, 6) is 0.253. The van der Waals surface area contributed by atoms with Gasteiger partial charge in [0.25, 0.3) is 0 Å². The molecule has 0 N–H and O–H groups in total. The van der Waals surface area contributed by atoms with Crippen LogP contribution in [0, 0.1) is 15.5 Å². The molecule has 0 saturated carbocycles. The summed E-state index contributed by atoms with van der Waals surface area (Å²) in [6.07, 6.45) is 1.67. The maximum Gasteiger partial charge on any atom is 0.410 e. The molecular weight excluding hydrogens is 430 g/mol. The number of rotatable bonds is 3. The number of amides is 1. The van der Waals surface area contributed by atoms with Crippen molar-refractivity contribution in [3.63, 3.8) is 0 Å². The summed E-state index contributed by atoms with van der Waals surface area (Å²) in [4.78, 5) is 26.9. The number of likely N-dealkylation sites (tertiary alicyclic amines) is 1. The minimum absolute atomic E-state index is 0.0569. The van der Waals surface area contributed by atoms with Crippen LogP contribution in [0.25, 0.3) is 0 Å². The molecule has 1 aromatic carbocycles. The number of hydrogen-bond donors (Lipinski definition) is 0. The van der Waals surface area contributed by atoms with Crippen molar-refractivity contribution in [3.8, 4) is 5.75 Å². The van der Waals surface area contributed by atoms with Gasteiger partial charge in [0.2, 0.25) is 0 Å². The van der Waals surface area contributed by atoms with E-state index in [1.807, 2.05) is 20.8 Å². The number of benzene rings is 1. The Hall–Kier alpha value is -2.03. The molecule has 28 heavy (non-hydrogen) atoms. The SMILES string of the molecule is COc1cc(N2CCC3(CC2)CN(C(=O)OC(C)(C)C)C3)c(Br)cc1[N+](=O)[O-]. The van der Waals surface area contributed by atoms with Crippen LogP contribution in [0.1, 0.15) is 33.6 Å². The molecule has 0 bridgehead atoms. The lowest BCUT2D eigenvalue weighted by Gasteiger charge is -2.54. The lowest BCUT2D eigenvalue weighted by atomic mass is 9.72. The molecule has 3 rings (SSSR count). The number of halogens is 1. The Morgan fingerprint density at radius 2 is 1.86 bits per heavy atom. The van der Waals surface area contributed by atoms with Crippen LogP contribution in [0.15, 0.2) is 16.6 Å². The molecule has 0 unspecified atom stereocenters. The van der Waals surface area contributed by atoms with Gasteiger partial charge in [-0.3, -0.25) is 10.1 Å². The van der Waals surface area contributed by atoms with Crippen LogP contribution in [0.5, 0.6) is 5.75 Å². The standard InChI is InChI=1S/C19H26BrN3O5/c1-18(2,3)28-17(24)22-11-19(12-22)5-7-21(8-6-19)14-10-16(27-4)15(23(25)26)9-13(14)20/h9-10H,5-8,11-12H2,1-4H3. The maximum absolute atomic E-state index is 12.2. The van der Waals surface area contributed by atoms with E-state index in [0.717, 1.165) is 44.7 Å². The van der Waals surface area contributed by atoms with Crippen molar-refractivity contribution < 1.29 is 19.2 Å². The van der Waals surface area contributed by atoms with Crippen LogP contribution in [-0.2, 0) is 4.74 Å². The number of piperidine rings is 1. The Morgan fingerprint density at radius 3 is 2.36 bits per heavy atom. The Kier molecular flexibility index (Phi) is 5.49. The monoisotopic (exact) mass is 455 g/mol. The molecule has 2 aliphatic rings. The van der Waals surface area contributed by atoms with E-state index in [2.05, 4.69) is 20.8 Å². The van der Waals surface area contributed by atoms with E-state index in [0.29, 0.717) is 4.47 Å². The molecule has 154 valence electrons. The Bertz CT molecular complexity index is 777. The van der Waals surface area contributed by atoms with Crippen LogP contribution in [0.4, 0.5) is 16.2 Å². The van der Waals surface area contributed by atoms with E-state index in [-0.39, 0.29) is 22.9 Å². The first-order valence-corrected chi connectivity index (χ1v) is 10.1. The fraction of sp³-hybridized carbons (Fsp3) is 0.632. The summed E-state index contributed by atoms with van der Waals surface area (Å²) in [6.45, 7) is 8.70. The first-order chi connectivity index (χ1) is 13.0. The van der Waals surface area contributed by atoms with Gasteiger partial charge < -0.3 is 19.3 Å². The predicted octanol–water partition coefficient (Wildman–Crippen LogP) is 4.20. The number of hydrogen-bond acceptors (Lipinski definition) is 6. The van der Waals surface area contributed by atoms with Crippen molar-refractivity contribution in [2.75, 3.05) is 38.2 Å². The molecule has 8 nitrogen and oxygen atoms in total. The summed E-state index contributed by atoms with van der Waals surface area (Å²) in [6, 6.07) is 3.21. The maximum atomic E-state index is 12.2. The molecule has 0 aliphatic carbocycles. The quantitative estimate of drug-likeness (QED) is 0.501. The first-order valence-electron chi connectivity index (χ1n) is 9.28. The molecule has 0 radical (unpaired) electrons. The normalized spacial score (nSPS) is 18.6. The number of nitrogens with zero attached hydrogens (tertiary/aromatic N) is 3. The van der Waals surface area contributed by atoms with Crippen LogP contribution < -0.4 is 9.64 Å². The summed E-state index contributed by atoms with van der Waals surface area (Å²) in [5, 5.41) is 11.2. The van der Waals surface area contributed by atoms with Gasteiger partial charge >= 0.3 is 11.8 Å². The lowest BCUT2D eigenvalue weighted by Crippen LogP contribution is -2.62. The van der Waals surface area contributed by atoms with Gasteiger partial charge in [0.05, 0.1) is 17.7 Å². The number of anilines is 1. The van der Waals surface area contributed by atoms with E-state index < -0.39 is 10.5 Å². The minimum Gasteiger partial charge on any atom is -0.490 e. The number of nitro benzene ring substituents is 1. The highest BCUT2D eigenvalue weighted by molar-refractivity contribution is 9.10. The number of nitro groups is 1. The molecule has 9 heteroatoms. The smallest absolute Gasteiger partial charge is 0.410 e. The molecule has 0 atom stereocenters. The number of ether oxygens (including phenoxy) is 2. The third-order valence-corrected chi connectivity index (χ3v) is 5.95. The van der Waals surface area contributed by atoms with Gasteiger partial charge in [0.15, 0.2) is 5.75 Å². The summed E-state index contributed by atoms with van der Waals surface area (Å²) in [5.41, 5.74) is 0.495. The fourth-order valence-corrected chi connectivity index (χ4v) is 4.42. The van der Waals surface area contributed by atoms with Gasteiger partial charge in [-0.05, 0) is 49.5 Å². The number of carbonyl (C=O) groups is 1. The molecule has 1 amide bonds. The fourth-order valence-electron chi connectivity index (χ4n) is 3.84. The highest BCUT2D eigenvalue weighted by Crippen LogP contribution is 2.44. The second-order valence-corrected chi connectivity index (χ2v) is 9.41. The third kappa shape index (κ3) is 4.19. The third-order valence-electron chi connectivity index (χ3n) is 5.31. The highest BCUT2D eigenvalue weighted by atomic mass is 79.9. The van der Waals surface area contributed by atoms with E-state index in [9.17, 15) is 14.9 Å². The van der Waals surface area contributed by atoms with Gasteiger partial charge in [-0.25, -0.2) is 4.79 Å². The molecule has 2 aliphatic heterocycles. The van der Waals surface area contributed by atoms with Gasteiger partial charge in [-0.15, -0.1) is 0 Å². The Balaban J connectivity index is 1.63. The van der Waals surface area contributed by atoms with Gasteiger partial charge in [0.1, 0.15) is 5.60 Å². The van der Waals surface area contributed by atoms with Crippen LogP contribution in [0.3, 0.4) is 0 Å². The second-order valence-electron chi connectivity index (χ2n) is 8.56. The second kappa shape index (κ2) is 7.42. The van der Waals surface area contributed by atoms with Crippen molar-refractivity contribution in [3.05, 3.63) is 26.7 Å². The zero-order chi connectivity index (χ0) is 20.7. The van der Waals surface area contributed by atoms with Crippen molar-refractivity contribution in [1.82, 2.24) is 4.90 Å². The zero-order valence-corrected chi connectivity index (χ0v) is 18.2. The van der Waals surface area contributed by atoms with Crippen molar-refractivity contribution in [1.29, 1.82) is 0 Å². The molecule has 1 spiro atoms. The molecule has 2 fully saturated rings. The molecule has 0 aromatic heterocycles. The van der Waals surface area contributed by atoms with Crippen LogP contribution >= 0.6 is 15.9 Å². The van der Waals surface area contributed by atoms with Gasteiger partial charge in [0, 0.05) is 48.2 Å². The Morgan fingerprint density at radius 1 is 1.25 bits per heavy atom. The zero-order valence-electron chi connectivity index (χ0n) is 16.7. The first kappa shape index (κ1) is 20.7. The summed E-state index contributed by atoms with van der Waals surface area (Å²) in [7, 11) is 1.44. The summed E-state index contributed by atoms with van der Waals surface area (Å²) < 4.78 is 11.3. The van der Waals surface area contributed by atoms with Crippen molar-refractivity contribution in [2.45, 2.75) is 39.2 Å². The van der Waals surface area contributed by atoms with Crippen LogP contribution in [-0.4, -0.2) is 54.8 Å². The lowest BCUT2D eigenvalue weighted by molar-refractivity contribution is -0.385. The topological polar surface area (TPSA) is 85.2 Å². The van der Waals surface area contributed by atoms with Crippen LogP contribution in [0.2, 0.25) is 0 Å². The molecular formula is C19H26BrN3O5. The average Bonchev–Trinajstić information content (AvgIpc) is 2.58. The predicted molar refractivity (Wildman–Crippen MR) is 109 cm³/mol. The molecule has 2 heterocycles. The highest BCUT2D eigenvalue weighted by Gasteiger charge is 2.48. The largest absolute Gasteiger partial charge is 0.490 e. The van der Waals surface area contributed by atoms with E-state index in [1.54, 1.807) is 11.0 Å². The molecule has 2 saturated heterocycles. The van der Waals surface area contributed by atoms with E-state index >= 15 is 0 Å². The number of methoxy groups -OCH3 is 1. The van der Waals surface area contributed by atoms with Crippen molar-refractivity contribution in [2.24, 2.45) is 5.41 Å². The van der Waals surface area contributed by atoms with Crippen molar-refractivity contribution >= 4 is 33.4 Å². The van der Waals surface area contributed by atoms with E-state index in [4.69, 9.17) is 9.47 Å². The van der Waals surface area contributed by atoms with Gasteiger partial charge in [-0.1, -0.05) is 0 Å². The summed E-state index contributed by atoms with van der Waals surface area (Å²) >= 11 is 3.46. The van der Waals surface area contributed by atoms with E-state index in [1.165, 1.54) is 13.2 Å². The van der Waals surface area contributed by atoms with Gasteiger partial charge in [-0.2, -0.15) is 0 Å². The Labute approximate surface area is 173 Å². The number of carbonyl (C=O) groups excluding carboxylic acids is 1.